The van der Waals surface area contributed by atoms with E-state index in [0.717, 1.165) is 25.8 Å². The van der Waals surface area contributed by atoms with Gasteiger partial charge in [0, 0.05) is 6.54 Å². The monoisotopic (exact) mass is 252 g/mol. The predicted octanol–water partition coefficient (Wildman–Crippen LogP) is 2.02. The number of anilines is 1. The molecular formula is C12H20N4O2. The van der Waals surface area contributed by atoms with Gasteiger partial charge in [-0.3, -0.25) is 0 Å². The first-order valence-electron chi connectivity index (χ1n) is 6.52. The van der Waals surface area contributed by atoms with Gasteiger partial charge in [0.2, 0.25) is 5.95 Å². The number of hydrogen-bond acceptors (Lipinski definition) is 6. The summed E-state index contributed by atoms with van der Waals surface area (Å²) in [4.78, 5) is 12.5. The maximum absolute atomic E-state index is 5.76. The molecule has 0 unspecified atom stereocenters. The lowest BCUT2D eigenvalue weighted by molar-refractivity contribution is 0.189. The fourth-order valence-electron chi connectivity index (χ4n) is 1.95. The smallest absolute Gasteiger partial charge is 0.324 e. The number of hydrogen-bond donors (Lipinski definition) is 1. The summed E-state index contributed by atoms with van der Waals surface area (Å²) in [7, 11) is 1.54. The molecule has 1 heterocycles. The molecule has 0 atom stereocenters. The van der Waals surface area contributed by atoms with Crippen LogP contribution >= 0.6 is 0 Å². The Kier molecular flexibility index (Phi) is 4.55. The molecule has 0 saturated heterocycles. The van der Waals surface area contributed by atoms with Crippen LogP contribution in [0.2, 0.25) is 0 Å². The van der Waals surface area contributed by atoms with E-state index in [1.54, 1.807) is 0 Å². The molecule has 1 N–H and O–H groups in total. The Labute approximate surface area is 107 Å². The third-order valence-electron chi connectivity index (χ3n) is 2.88. The number of methoxy groups -OCH3 is 1. The normalized spacial score (nSPS) is 15.7. The van der Waals surface area contributed by atoms with Crippen LogP contribution in [0.25, 0.3) is 0 Å². The highest BCUT2D eigenvalue weighted by molar-refractivity contribution is 5.27. The number of nitrogens with one attached hydrogen (secondary N) is 1. The van der Waals surface area contributed by atoms with Crippen molar-refractivity contribution in [3.63, 3.8) is 0 Å². The van der Waals surface area contributed by atoms with Crippen LogP contribution in [0.3, 0.4) is 0 Å². The van der Waals surface area contributed by atoms with Crippen molar-refractivity contribution in [2.45, 2.75) is 45.1 Å². The van der Waals surface area contributed by atoms with E-state index in [0.29, 0.717) is 12.0 Å². The van der Waals surface area contributed by atoms with Crippen molar-refractivity contribution < 1.29 is 9.47 Å². The van der Waals surface area contributed by atoms with Crippen LogP contribution in [0.15, 0.2) is 0 Å². The molecule has 0 amide bonds. The molecule has 0 aliphatic heterocycles. The van der Waals surface area contributed by atoms with Crippen molar-refractivity contribution in [1.29, 1.82) is 0 Å². The number of rotatable bonds is 6. The van der Waals surface area contributed by atoms with Crippen molar-refractivity contribution >= 4 is 5.95 Å². The average molecular weight is 252 g/mol. The quantitative estimate of drug-likeness (QED) is 0.835. The summed E-state index contributed by atoms with van der Waals surface area (Å²) in [5, 5.41) is 3.11. The largest absolute Gasteiger partial charge is 0.467 e. The number of nitrogens with zero attached hydrogens (tertiary/aromatic N) is 3. The molecule has 100 valence electrons. The van der Waals surface area contributed by atoms with Gasteiger partial charge >= 0.3 is 12.0 Å². The molecule has 1 aromatic heterocycles. The van der Waals surface area contributed by atoms with Gasteiger partial charge in [0.15, 0.2) is 0 Å². The summed E-state index contributed by atoms with van der Waals surface area (Å²) in [5.74, 6) is 0.511. The van der Waals surface area contributed by atoms with Crippen molar-refractivity contribution in [2.75, 3.05) is 19.0 Å². The molecular weight excluding hydrogens is 232 g/mol. The molecule has 6 nitrogen and oxygen atoms in total. The first kappa shape index (κ1) is 12.9. The topological polar surface area (TPSA) is 69.2 Å². The summed E-state index contributed by atoms with van der Waals surface area (Å²) in [6.45, 7) is 2.90. The van der Waals surface area contributed by atoms with E-state index in [9.17, 15) is 0 Å². The van der Waals surface area contributed by atoms with Gasteiger partial charge in [-0.25, -0.2) is 0 Å². The SMILES string of the molecule is CCCNc1nc(OC)nc(OC2CCCC2)n1. The predicted molar refractivity (Wildman–Crippen MR) is 68.0 cm³/mol. The van der Waals surface area contributed by atoms with E-state index >= 15 is 0 Å². The van der Waals surface area contributed by atoms with Gasteiger partial charge in [-0.05, 0) is 32.1 Å². The highest BCUT2D eigenvalue weighted by Gasteiger charge is 2.18. The Bertz CT molecular complexity index is 380. The van der Waals surface area contributed by atoms with Gasteiger partial charge in [0.05, 0.1) is 7.11 Å². The second-order valence-electron chi connectivity index (χ2n) is 4.38. The van der Waals surface area contributed by atoms with Gasteiger partial charge in [-0.15, -0.1) is 4.98 Å². The van der Waals surface area contributed by atoms with Crippen LogP contribution < -0.4 is 14.8 Å². The zero-order valence-electron chi connectivity index (χ0n) is 11.0. The first-order chi connectivity index (χ1) is 8.81. The fourth-order valence-corrected chi connectivity index (χ4v) is 1.95. The zero-order valence-corrected chi connectivity index (χ0v) is 11.0. The van der Waals surface area contributed by atoms with Gasteiger partial charge in [-0.2, -0.15) is 9.97 Å². The lowest BCUT2D eigenvalue weighted by atomic mass is 10.3. The van der Waals surface area contributed by atoms with Gasteiger partial charge in [-0.1, -0.05) is 6.92 Å². The molecule has 2 rings (SSSR count). The Morgan fingerprint density at radius 1 is 1.17 bits per heavy atom. The number of ether oxygens (including phenoxy) is 2. The second kappa shape index (κ2) is 6.37. The van der Waals surface area contributed by atoms with Crippen LogP contribution in [0.5, 0.6) is 12.0 Å². The van der Waals surface area contributed by atoms with Gasteiger partial charge < -0.3 is 14.8 Å². The fraction of sp³-hybridized carbons (Fsp3) is 0.750. The maximum atomic E-state index is 5.76. The van der Waals surface area contributed by atoms with Crippen LogP contribution in [-0.4, -0.2) is 34.7 Å². The summed E-state index contributed by atoms with van der Waals surface area (Å²) >= 11 is 0. The molecule has 1 fully saturated rings. The lowest BCUT2D eigenvalue weighted by Gasteiger charge is -2.12. The van der Waals surface area contributed by atoms with Gasteiger partial charge in [0.25, 0.3) is 0 Å². The third-order valence-corrected chi connectivity index (χ3v) is 2.88. The van der Waals surface area contributed by atoms with E-state index in [2.05, 4.69) is 27.2 Å². The minimum Gasteiger partial charge on any atom is -0.467 e. The molecule has 0 spiro atoms. The van der Waals surface area contributed by atoms with Gasteiger partial charge in [0.1, 0.15) is 6.10 Å². The van der Waals surface area contributed by atoms with E-state index in [4.69, 9.17) is 9.47 Å². The molecule has 1 aliphatic carbocycles. The highest BCUT2D eigenvalue weighted by atomic mass is 16.5. The maximum Gasteiger partial charge on any atom is 0.324 e. The highest BCUT2D eigenvalue weighted by Crippen LogP contribution is 2.23. The van der Waals surface area contributed by atoms with Crippen LogP contribution in [0.1, 0.15) is 39.0 Å². The minimum absolute atomic E-state index is 0.233. The molecule has 0 aromatic carbocycles. The Morgan fingerprint density at radius 2 is 1.89 bits per heavy atom. The Hall–Kier alpha value is -1.59. The van der Waals surface area contributed by atoms with Crippen molar-refractivity contribution in [3.05, 3.63) is 0 Å². The van der Waals surface area contributed by atoms with Crippen molar-refractivity contribution in [3.8, 4) is 12.0 Å². The average Bonchev–Trinajstić information content (AvgIpc) is 2.89. The van der Waals surface area contributed by atoms with E-state index in [-0.39, 0.29) is 12.1 Å². The standard InChI is InChI=1S/C12H20N4O2/c1-3-8-13-10-14-11(17-2)16-12(15-10)18-9-6-4-5-7-9/h9H,3-8H2,1-2H3,(H,13,14,15,16). The minimum atomic E-state index is 0.233. The summed E-state index contributed by atoms with van der Waals surface area (Å²) in [5.41, 5.74) is 0. The molecule has 18 heavy (non-hydrogen) atoms. The first-order valence-corrected chi connectivity index (χ1v) is 6.52. The van der Waals surface area contributed by atoms with E-state index in [1.807, 2.05) is 0 Å². The summed E-state index contributed by atoms with van der Waals surface area (Å²) < 4.78 is 10.8. The molecule has 0 bridgehead atoms. The summed E-state index contributed by atoms with van der Waals surface area (Å²) in [6.07, 6.45) is 5.82. The van der Waals surface area contributed by atoms with E-state index < -0.39 is 0 Å². The molecule has 1 saturated carbocycles. The Morgan fingerprint density at radius 3 is 2.56 bits per heavy atom. The Balaban J connectivity index is 2.06. The number of aromatic nitrogens is 3. The summed E-state index contributed by atoms with van der Waals surface area (Å²) in [6, 6.07) is 0.643. The molecule has 0 radical (unpaired) electrons. The lowest BCUT2D eigenvalue weighted by Crippen LogP contribution is -2.15. The zero-order chi connectivity index (χ0) is 12.8. The molecule has 1 aliphatic rings. The van der Waals surface area contributed by atoms with Crippen LogP contribution in [0.4, 0.5) is 5.95 Å². The van der Waals surface area contributed by atoms with Crippen molar-refractivity contribution in [2.24, 2.45) is 0 Å². The van der Waals surface area contributed by atoms with Crippen LogP contribution in [-0.2, 0) is 0 Å². The van der Waals surface area contributed by atoms with Crippen molar-refractivity contribution in [1.82, 2.24) is 15.0 Å². The van der Waals surface area contributed by atoms with Crippen LogP contribution in [0, 0.1) is 0 Å². The van der Waals surface area contributed by atoms with E-state index in [1.165, 1.54) is 20.0 Å². The molecule has 1 aromatic rings. The second-order valence-corrected chi connectivity index (χ2v) is 4.38. The third kappa shape index (κ3) is 3.45. The molecule has 6 heteroatoms.